The van der Waals surface area contributed by atoms with Gasteiger partial charge in [-0.2, -0.15) is 16.3 Å². The van der Waals surface area contributed by atoms with Crippen molar-refractivity contribution in [2.24, 2.45) is 5.73 Å². The van der Waals surface area contributed by atoms with Crippen LogP contribution in [0.25, 0.3) is 5.57 Å². The number of fused-ring (bicyclic) bond motifs is 2. The number of amides is 5. The first kappa shape index (κ1) is 102. The molecule has 1 aliphatic carbocycles. The Bertz CT molecular complexity index is 3710. The minimum absolute atomic E-state index is 0.0103. The summed E-state index contributed by atoms with van der Waals surface area (Å²) in [5.41, 5.74) is 19.5. The van der Waals surface area contributed by atoms with E-state index in [1.54, 1.807) is 0 Å². The lowest BCUT2D eigenvalue weighted by Gasteiger charge is -2.27. The van der Waals surface area contributed by atoms with E-state index >= 15 is 0 Å². The second-order valence-electron chi connectivity index (χ2n) is 31.9. The molecule has 3 aromatic rings. The van der Waals surface area contributed by atoms with Gasteiger partial charge in [-0.3, -0.25) is 33.6 Å². The van der Waals surface area contributed by atoms with Crippen molar-refractivity contribution in [3.63, 3.8) is 0 Å². The van der Waals surface area contributed by atoms with Crippen LogP contribution in [0, 0.1) is 0 Å². The number of carbonyl (C=O) groups is 7. The Morgan fingerprint density at radius 1 is 0.537 bits per heavy atom. The third kappa shape index (κ3) is 38.6. The van der Waals surface area contributed by atoms with Gasteiger partial charge in [0.15, 0.2) is 11.5 Å². The zero-order valence-corrected chi connectivity index (χ0v) is 74.7. The monoisotopic (exact) mass is 1710 g/mol. The molecule has 0 unspecified atom stereocenters. The third-order valence-electron chi connectivity index (χ3n) is 21.5. The lowest BCUT2D eigenvalue weighted by atomic mass is 9.79. The largest absolute Gasteiger partial charge is 0.465 e. The number of esters is 1. The molecule has 2 heterocycles. The highest BCUT2D eigenvalue weighted by atomic mass is 32.2. The quantitative estimate of drug-likeness (QED) is 0.0148. The van der Waals surface area contributed by atoms with Gasteiger partial charge in [0.05, 0.1) is 71.4 Å². The molecule has 0 aromatic heterocycles. The zero-order valence-electron chi connectivity index (χ0n) is 73.9. The number of ketones is 1. The molecule has 9 N–H and O–H groups in total. The van der Waals surface area contributed by atoms with Crippen molar-refractivity contribution in [1.29, 1.82) is 0 Å². The molecule has 6 rings (SSSR count). The predicted molar refractivity (Wildman–Crippen MR) is 481 cm³/mol. The molecule has 27 heteroatoms. The highest BCUT2D eigenvalue weighted by Crippen LogP contribution is 2.48. The van der Waals surface area contributed by atoms with Gasteiger partial charge in [0, 0.05) is 117 Å². The summed E-state index contributed by atoms with van der Waals surface area (Å²) in [5.74, 6) is -3.95. The number of hydrogen-bond donors (Lipinski definition) is 8. The first-order valence-electron chi connectivity index (χ1n) is 44.8. The smallest absolute Gasteiger partial charge is 0.305 e. The van der Waals surface area contributed by atoms with E-state index in [-0.39, 0.29) is 29.2 Å². The number of nitrogens with two attached hydrogens (primary N) is 1. The van der Waals surface area contributed by atoms with E-state index in [9.17, 15) is 38.7 Å². The summed E-state index contributed by atoms with van der Waals surface area (Å²) < 4.78 is 52.3. The third-order valence-corrected chi connectivity index (χ3v) is 22.5. The van der Waals surface area contributed by atoms with Crippen LogP contribution in [0.2, 0.25) is 0 Å². The second kappa shape index (κ2) is 60.8. The summed E-state index contributed by atoms with van der Waals surface area (Å²) in [4.78, 5) is 92.5. The van der Waals surface area contributed by atoms with Gasteiger partial charge in [-0.05, 0) is 131 Å². The number of ether oxygens (including phenoxy) is 9. The Morgan fingerprint density at radius 3 is 1.68 bits per heavy atom. The number of allylic oxidation sites excluding steroid dienone is 8. The Hall–Kier alpha value is -7.67. The molecule has 0 fully saturated rings. The van der Waals surface area contributed by atoms with Crippen molar-refractivity contribution in [2.75, 3.05) is 186 Å². The lowest BCUT2D eigenvalue weighted by molar-refractivity contribution is -0.437. The molecular weight excluding hydrogens is 1560 g/mol. The molecule has 0 spiro atoms. The number of para-hydroxylation sites is 2. The van der Waals surface area contributed by atoms with Gasteiger partial charge in [0.2, 0.25) is 35.2 Å². The number of thioether (sulfide) groups is 1. The van der Waals surface area contributed by atoms with Crippen molar-refractivity contribution >= 4 is 81.4 Å². The first-order valence-corrected chi connectivity index (χ1v) is 45.9. The van der Waals surface area contributed by atoms with Crippen LogP contribution in [0.4, 0.5) is 17.1 Å². The maximum Gasteiger partial charge on any atom is 0.305 e. The topological polar surface area (TPSA) is 327 Å². The number of unbranched alkanes of at least 4 members (excludes halogenated alkanes) is 12. The van der Waals surface area contributed by atoms with Crippen molar-refractivity contribution in [3.05, 3.63) is 131 Å². The van der Waals surface area contributed by atoms with Crippen molar-refractivity contribution in [1.82, 2.24) is 26.6 Å². The van der Waals surface area contributed by atoms with E-state index in [4.69, 9.17) is 48.4 Å². The van der Waals surface area contributed by atoms with E-state index in [0.29, 0.717) is 124 Å². The van der Waals surface area contributed by atoms with E-state index < -0.39 is 87.0 Å². The maximum atomic E-state index is 13.5. The van der Waals surface area contributed by atoms with E-state index in [2.05, 4.69) is 187 Å². The molecule has 674 valence electrons. The van der Waals surface area contributed by atoms with Gasteiger partial charge in [-0.15, -0.1) is 0 Å². The molecule has 2 atom stereocenters. The summed E-state index contributed by atoms with van der Waals surface area (Å²) in [6.45, 7) is 21.8. The van der Waals surface area contributed by atoms with E-state index in [1.807, 2.05) is 0 Å². The molecule has 0 saturated carbocycles. The molecule has 2 aliphatic heterocycles. The second-order valence-corrected chi connectivity index (χ2v) is 33.0. The van der Waals surface area contributed by atoms with Gasteiger partial charge < -0.3 is 90.3 Å². The van der Waals surface area contributed by atoms with Crippen LogP contribution in [-0.2, 0) is 87.0 Å². The number of anilines is 2. The van der Waals surface area contributed by atoms with Crippen molar-refractivity contribution in [3.8, 4) is 0 Å². The highest BCUT2D eigenvalue weighted by molar-refractivity contribution is 7.99. The number of nitrogens with one attached hydrogen (secondary N) is 6. The molecule has 3 aromatic carbocycles. The van der Waals surface area contributed by atoms with Crippen LogP contribution in [0.5, 0.6) is 0 Å². The summed E-state index contributed by atoms with van der Waals surface area (Å²) in [5, 5.41) is 26.3. The number of nitrogens with zero attached hydrogens (tertiary/aromatic N) is 2. The van der Waals surface area contributed by atoms with Crippen LogP contribution < -0.4 is 42.5 Å². The molecule has 0 bridgehead atoms. The predicted octanol–water partition coefficient (Wildman–Crippen LogP) is 12.0. The average molecular weight is 1710 g/mol. The molecule has 5 amide bonds. The number of hydrogen-bond acceptors (Lipinski definition) is 21. The number of likely N-dealkylation sites (N-methyl/N-ethyl adjacent to an activating group) is 1. The van der Waals surface area contributed by atoms with Gasteiger partial charge in [-0.25, -0.2) is 0 Å². The number of benzene rings is 3. The number of aliphatic hydroxyl groups is 1. The number of rotatable bonds is 69. The summed E-state index contributed by atoms with van der Waals surface area (Å²) in [6, 6.07) is 24.0. The maximum absolute atomic E-state index is 13.5. The highest BCUT2D eigenvalue weighted by Gasteiger charge is 2.44. The van der Waals surface area contributed by atoms with Gasteiger partial charge >= 0.3 is 5.97 Å². The minimum atomic E-state index is -1.41. The Balaban J connectivity index is 0.848. The standard InChI is InChI=1S/C94H145N9O17S/c1-8-11-12-13-14-15-16-17-18-19-20-21-22-38-90(110)120-64-65-121-72-80(92(111)99-66-86(106)100-79(67-104)83(105)68-118-69-87(107)97-49-30-54-114-58-62-116-60-56-112-52-28-47-95)101-89(109)71-119-70-88(108)98-50-31-55-115-59-63-117-61-57-113-53-29-48-96-76-43-39-75(40-44-76)91-73(41-45-84-93(4,5)77-34-23-25-36-81(77)102(84)10-3)32-27-33-74(91)42-46-85-94(6,7)78-35-24-26-37-82(78)103(85)51-9-2/h23-26,34-37,39-46,79-80,104H,8-22,27-33,38,47-72,95H2,1-7H3,(H5,97,98,99,100,101,106,107,108,109,111)/p+1/t79-,80+/m1/s1. The van der Waals surface area contributed by atoms with Crippen LogP contribution in [0.15, 0.2) is 114 Å². The number of Topliss-reactive ketones (excluding diaryl/α,β-unsaturated/α-hetero) is 1. The summed E-state index contributed by atoms with van der Waals surface area (Å²) in [6.07, 6.45) is 32.3. The van der Waals surface area contributed by atoms with Crippen molar-refractivity contribution in [2.45, 2.75) is 213 Å². The fraction of sp³-hybridized carbons (Fsp3) is 0.638. The molecule has 3 aliphatic rings. The van der Waals surface area contributed by atoms with Crippen LogP contribution in [0.1, 0.15) is 206 Å². The Morgan fingerprint density at radius 2 is 1.08 bits per heavy atom. The molecule has 0 saturated heterocycles. The molecule has 26 nitrogen and oxygen atoms in total. The summed E-state index contributed by atoms with van der Waals surface area (Å²) in [7, 11) is 0. The SMILES string of the molecule is CCCCCCCCCCCCCCCC(=O)OCCSC[C@H](NC(=O)COCC(=O)NCCCOCCOCCOCCCNc1ccc(C2=C(C=CC3=[N+](CCC)c4ccccc4C3(C)C)CCCC2=CC=C2N(CC)c3ccccc3C2(C)C)cc1)C(=O)NCC(=O)N[C@H](CO)C(=O)COCC(=O)NCCCOCCOCCOCCCN. The lowest BCUT2D eigenvalue weighted by Crippen LogP contribution is -2.53. The van der Waals surface area contributed by atoms with Crippen LogP contribution in [-0.4, -0.2) is 245 Å². The van der Waals surface area contributed by atoms with E-state index in [0.717, 1.165) is 89.5 Å². The van der Waals surface area contributed by atoms with E-state index in [1.165, 1.54) is 126 Å². The Kier molecular flexibility index (Phi) is 51.3. The van der Waals surface area contributed by atoms with Crippen molar-refractivity contribution < 1.29 is 85.9 Å². The van der Waals surface area contributed by atoms with Gasteiger partial charge in [0.25, 0.3) is 0 Å². The molecule has 0 radical (unpaired) electrons. The fourth-order valence-electron chi connectivity index (χ4n) is 15.0. The minimum Gasteiger partial charge on any atom is -0.465 e. The van der Waals surface area contributed by atoms with Gasteiger partial charge in [-0.1, -0.05) is 165 Å². The van der Waals surface area contributed by atoms with Crippen LogP contribution >= 0.6 is 11.8 Å². The van der Waals surface area contributed by atoms with Crippen LogP contribution in [0.3, 0.4) is 0 Å². The molecule has 121 heavy (non-hydrogen) atoms. The summed E-state index contributed by atoms with van der Waals surface area (Å²) >= 11 is 1.23. The number of carbonyl (C=O) groups excluding carboxylic acids is 7. The number of aliphatic hydroxyl groups excluding tert-OH is 1. The average Bonchev–Trinajstić information content (AvgIpc) is 1.60. The normalized spacial score (nSPS) is 15.3. The zero-order chi connectivity index (χ0) is 87.0. The molecular formula is C94H146N9O17S+. The fourth-order valence-corrected chi connectivity index (χ4v) is 15.8. The van der Waals surface area contributed by atoms with Gasteiger partial charge in [0.1, 0.15) is 51.7 Å². The Labute approximate surface area is 725 Å². The first-order chi connectivity index (χ1) is 58.9.